The van der Waals surface area contributed by atoms with Gasteiger partial charge in [0, 0.05) is 19.0 Å². The van der Waals surface area contributed by atoms with Gasteiger partial charge in [-0.1, -0.05) is 12.1 Å². The molecule has 0 unspecified atom stereocenters. The molecule has 0 aliphatic carbocycles. The zero-order valence-corrected chi connectivity index (χ0v) is 7.91. The lowest BCUT2D eigenvalue weighted by atomic mass is 10.1. The molecule has 0 saturated carbocycles. The van der Waals surface area contributed by atoms with Gasteiger partial charge in [0.2, 0.25) is 11.8 Å². The summed E-state index contributed by atoms with van der Waals surface area (Å²) in [6.45, 7) is 1.92. The van der Waals surface area contributed by atoms with Crippen LogP contribution in [0.5, 0.6) is 0 Å². The van der Waals surface area contributed by atoms with Crippen molar-refractivity contribution in [3.05, 3.63) is 35.4 Å². The molecule has 2 amide bonds. The van der Waals surface area contributed by atoms with Gasteiger partial charge in [-0.15, -0.1) is 0 Å². The van der Waals surface area contributed by atoms with Gasteiger partial charge in [0.25, 0.3) is 0 Å². The van der Waals surface area contributed by atoms with Gasteiger partial charge in [-0.25, -0.2) is 0 Å². The van der Waals surface area contributed by atoms with Gasteiger partial charge < -0.3 is 11.1 Å². The molecule has 4 heteroatoms. The summed E-state index contributed by atoms with van der Waals surface area (Å²) in [6, 6.07) is 6.80. The highest BCUT2D eigenvalue weighted by molar-refractivity contribution is 5.92. The quantitative estimate of drug-likeness (QED) is 0.728. The molecule has 1 aromatic carbocycles. The van der Waals surface area contributed by atoms with Crippen LogP contribution in [0.1, 0.15) is 22.8 Å². The Kier molecular flexibility index (Phi) is 3.23. The van der Waals surface area contributed by atoms with Crippen molar-refractivity contribution in [2.45, 2.75) is 13.5 Å². The van der Waals surface area contributed by atoms with Gasteiger partial charge in [-0.3, -0.25) is 9.59 Å². The minimum atomic E-state index is -0.448. The number of amides is 2. The van der Waals surface area contributed by atoms with E-state index in [2.05, 4.69) is 5.32 Å². The first-order valence-electron chi connectivity index (χ1n) is 4.23. The Morgan fingerprint density at radius 3 is 2.29 bits per heavy atom. The molecule has 74 valence electrons. The number of rotatable bonds is 3. The SMILES string of the molecule is CC(=O)NCc1ccc(C(N)=O)cc1. The third kappa shape index (κ3) is 2.90. The highest BCUT2D eigenvalue weighted by atomic mass is 16.1. The first-order chi connectivity index (χ1) is 6.59. The van der Waals surface area contributed by atoms with E-state index in [1.54, 1.807) is 24.3 Å². The molecule has 14 heavy (non-hydrogen) atoms. The summed E-state index contributed by atoms with van der Waals surface area (Å²) in [7, 11) is 0. The first kappa shape index (κ1) is 10.2. The lowest BCUT2D eigenvalue weighted by molar-refractivity contribution is -0.119. The lowest BCUT2D eigenvalue weighted by Crippen LogP contribution is -2.19. The predicted octanol–water partition coefficient (Wildman–Crippen LogP) is 0.422. The Balaban J connectivity index is 2.64. The van der Waals surface area contributed by atoms with Crippen molar-refractivity contribution in [1.29, 1.82) is 0 Å². The molecule has 1 aromatic rings. The number of benzene rings is 1. The van der Waals surface area contributed by atoms with Crippen LogP contribution < -0.4 is 11.1 Å². The zero-order chi connectivity index (χ0) is 10.6. The second kappa shape index (κ2) is 4.41. The molecular weight excluding hydrogens is 180 g/mol. The van der Waals surface area contributed by atoms with Crippen molar-refractivity contribution in [3.63, 3.8) is 0 Å². The van der Waals surface area contributed by atoms with Gasteiger partial charge >= 0.3 is 0 Å². The van der Waals surface area contributed by atoms with Crippen molar-refractivity contribution < 1.29 is 9.59 Å². The average molecular weight is 192 g/mol. The number of hydrogen-bond donors (Lipinski definition) is 2. The van der Waals surface area contributed by atoms with Crippen LogP contribution in [0, 0.1) is 0 Å². The maximum absolute atomic E-state index is 10.7. The summed E-state index contributed by atoms with van der Waals surface area (Å²) in [5.41, 5.74) is 6.48. The Hall–Kier alpha value is -1.84. The summed E-state index contributed by atoms with van der Waals surface area (Å²) in [5.74, 6) is -0.528. The van der Waals surface area contributed by atoms with E-state index in [0.717, 1.165) is 5.56 Å². The fourth-order valence-electron chi connectivity index (χ4n) is 1.01. The van der Waals surface area contributed by atoms with E-state index >= 15 is 0 Å². The van der Waals surface area contributed by atoms with Gasteiger partial charge in [0.05, 0.1) is 0 Å². The number of carbonyl (C=O) groups is 2. The Morgan fingerprint density at radius 2 is 1.86 bits per heavy atom. The van der Waals surface area contributed by atoms with Crippen LogP contribution in [0.25, 0.3) is 0 Å². The second-order valence-corrected chi connectivity index (χ2v) is 2.97. The predicted molar refractivity (Wildman–Crippen MR) is 52.5 cm³/mol. The molecule has 0 aliphatic heterocycles. The van der Waals surface area contributed by atoms with E-state index in [1.807, 2.05) is 0 Å². The Morgan fingerprint density at radius 1 is 1.29 bits per heavy atom. The number of primary amides is 1. The van der Waals surface area contributed by atoms with Crippen LogP contribution in [0.15, 0.2) is 24.3 Å². The normalized spacial score (nSPS) is 9.50. The molecule has 1 rings (SSSR count). The van der Waals surface area contributed by atoms with Crippen LogP contribution >= 0.6 is 0 Å². The molecule has 0 heterocycles. The largest absolute Gasteiger partial charge is 0.366 e. The highest BCUT2D eigenvalue weighted by Gasteiger charge is 1.99. The van der Waals surface area contributed by atoms with Crippen LogP contribution in [-0.2, 0) is 11.3 Å². The molecule has 0 saturated heterocycles. The number of nitrogens with one attached hydrogen (secondary N) is 1. The molecule has 0 atom stereocenters. The Labute approximate surface area is 82.1 Å². The third-order valence-corrected chi connectivity index (χ3v) is 1.78. The molecule has 4 nitrogen and oxygen atoms in total. The fraction of sp³-hybridized carbons (Fsp3) is 0.200. The van der Waals surface area contributed by atoms with E-state index in [4.69, 9.17) is 5.73 Å². The van der Waals surface area contributed by atoms with E-state index in [1.165, 1.54) is 6.92 Å². The van der Waals surface area contributed by atoms with Crippen LogP contribution in [0.2, 0.25) is 0 Å². The lowest BCUT2D eigenvalue weighted by Gasteiger charge is -2.02. The van der Waals surface area contributed by atoms with Crippen molar-refractivity contribution in [1.82, 2.24) is 5.32 Å². The molecule has 0 aromatic heterocycles. The van der Waals surface area contributed by atoms with Crippen molar-refractivity contribution in [3.8, 4) is 0 Å². The summed E-state index contributed by atoms with van der Waals surface area (Å²) < 4.78 is 0. The minimum Gasteiger partial charge on any atom is -0.366 e. The third-order valence-electron chi connectivity index (χ3n) is 1.78. The second-order valence-electron chi connectivity index (χ2n) is 2.97. The van der Waals surface area contributed by atoms with Crippen LogP contribution in [0.3, 0.4) is 0 Å². The summed E-state index contributed by atoms with van der Waals surface area (Å²) in [4.78, 5) is 21.3. The summed E-state index contributed by atoms with van der Waals surface area (Å²) in [6.07, 6.45) is 0. The zero-order valence-electron chi connectivity index (χ0n) is 7.91. The molecule has 0 aliphatic rings. The average Bonchev–Trinajstić information content (AvgIpc) is 2.15. The first-order valence-corrected chi connectivity index (χ1v) is 4.23. The molecule has 0 spiro atoms. The Bertz CT molecular complexity index is 344. The smallest absolute Gasteiger partial charge is 0.248 e. The van der Waals surface area contributed by atoms with Gasteiger partial charge in [0.15, 0.2) is 0 Å². The molecule has 3 N–H and O–H groups in total. The molecule has 0 radical (unpaired) electrons. The summed E-state index contributed by atoms with van der Waals surface area (Å²) in [5, 5.41) is 2.66. The molecular formula is C10H12N2O2. The van der Waals surface area contributed by atoms with Gasteiger partial charge in [-0.2, -0.15) is 0 Å². The van der Waals surface area contributed by atoms with E-state index in [0.29, 0.717) is 12.1 Å². The van der Waals surface area contributed by atoms with Crippen molar-refractivity contribution >= 4 is 11.8 Å². The maximum Gasteiger partial charge on any atom is 0.248 e. The number of hydrogen-bond acceptors (Lipinski definition) is 2. The van der Waals surface area contributed by atoms with Crippen molar-refractivity contribution in [2.24, 2.45) is 5.73 Å². The minimum absolute atomic E-state index is 0.0797. The topological polar surface area (TPSA) is 72.2 Å². The number of nitrogens with two attached hydrogens (primary N) is 1. The number of carbonyl (C=O) groups excluding carboxylic acids is 2. The van der Waals surface area contributed by atoms with Crippen LogP contribution in [-0.4, -0.2) is 11.8 Å². The van der Waals surface area contributed by atoms with Gasteiger partial charge in [-0.05, 0) is 17.7 Å². The van der Waals surface area contributed by atoms with E-state index < -0.39 is 5.91 Å². The highest BCUT2D eigenvalue weighted by Crippen LogP contribution is 2.03. The molecule has 0 bridgehead atoms. The summed E-state index contributed by atoms with van der Waals surface area (Å²) >= 11 is 0. The van der Waals surface area contributed by atoms with Crippen LogP contribution in [0.4, 0.5) is 0 Å². The fourth-order valence-corrected chi connectivity index (χ4v) is 1.01. The van der Waals surface area contributed by atoms with Gasteiger partial charge in [0.1, 0.15) is 0 Å². The standard InChI is InChI=1S/C10H12N2O2/c1-7(13)12-6-8-2-4-9(5-3-8)10(11)14/h2-5H,6H2,1H3,(H2,11,14)(H,12,13). The maximum atomic E-state index is 10.7. The van der Waals surface area contributed by atoms with E-state index in [9.17, 15) is 9.59 Å². The van der Waals surface area contributed by atoms with Crippen molar-refractivity contribution in [2.75, 3.05) is 0 Å². The molecule has 0 fully saturated rings. The van der Waals surface area contributed by atoms with E-state index in [-0.39, 0.29) is 5.91 Å². The monoisotopic (exact) mass is 192 g/mol.